The van der Waals surface area contributed by atoms with Crippen LogP contribution in [0.5, 0.6) is 0 Å². The summed E-state index contributed by atoms with van der Waals surface area (Å²) in [7, 11) is 0. The molecular weight excluding hydrogens is 266 g/mol. The Morgan fingerprint density at radius 3 is 1.57 bits per heavy atom. The van der Waals surface area contributed by atoms with Crippen molar-refractivity contribution in [2.24, 2.45) is 11.5 Å². The van der Waals surface area contributed by atoms with E-state index in [0.29, 0.717) is 22.4 Å². The van der Waals surface area contributed by atoms with Gasteiger partial charge in [0.2, 0.25) is 0 Å². The third-order valence-corrected chi connectivity index (χ3v) is 2.91. The van der Waals surface area contributed by atoms with Crippen LogP contribution in [-0.4, -0.2) is 17.6 Å². The minimum absolute atomic E-state index is 0.0206. The highest BCUT2D eigenvalue weighted by atomic mass is 16.1. The molecule has 2 aromatic rings. The van der Waals surface area contributed by atoms with E-state index in [0.717, 1.165) is 0 Å². The lowest BCUT2D eigenvalue weighted by atomic mass is 10.1. The highest BCUT2D eigenvalue weighted by molar-refractivity contribution is 6.05. The maximum atomic E-state index is 12.1. The standard InChI is InChI=1S/C15H15N5O/c16-13(17)9-1-3-11(4-2-9)15(21)20-12-7-5-10(6-8-12)14(18)19/h1-8H,(H3,16,17)(H3,18,19)(H,20,21). The summed E-state index contributed by atoms with van der Waals surface area (Å²) >= 11 is 0. The molecule has 0 saturated carbocycles. The maximum absolute atomic E-state index is 12.1. The number of hydrogen-bond donors (Lipinski definition) is 5. The van der Waals surface area contributed by atoms with Crippen molar-refractivity contribution < 1.29 is 4.79 Å². The first-order valence-corrected chi connectivity index (χ1v) is 6.17. The zero-order valence-corrected chi connectivity index (χ0v) is 11.2. The topological polar surface area (TPSA) is 129 Å². The van der Waals surface area contributed by atoms with Gasteiger partial charge in [0.15, 0.2) is 0 Å². The van der Waals surface area contributed by atoms with E-state index in [1.807, 2.05) is 0 Å². The van der Waals surface area contributed by atoms with E-state index in [4.69, 9.17) is 22.3 Å². The second-order valence-corrected chi connectivity index (χ2v) is 4.44. The first kappa shape index (κ1) is 14.3. The zero-order valence-electron chi connectivity index (χ0n) is 11.2. The molecule has 0 spiro atoms. The summed E-state index contributed by atoms with van der Waals surface area (Å²) in [5.74, 6) is -0.324. The van der Waals surface area contributed by atoms with E-state index in [1.54, 1.807) is 48.5 Å². The summed E-state index contributed by atoms with van der Waals surface area (Å²) in [4.78, 5) is 12.1. The second-order valence-electron chi connectivity index (χ2n) is 4.44. The van der Waals surface area contributed by atoms with Crippen molar-refractivity contribution in [3.05, 3.63) is 65.2 Å². The van der Waals surface area contributed by atoms with Crippen LogP contribution in [0.4, 0.5) is 5.69 Å². The van der Waals surface area contributed by atoms with Gasteiger partial charge in [-0.2, -0.15) is 0 Å². The predicted octanol–water partition coefficient (Wildman–Crippen LogP) is 1.51. The molecule has 0 aliphatic carbocycles. The number of benzene rings is 2. The van der Waals surface area contributed by atoms with Crippen LogP contribution in [0.1, 0.15) is 21.5 Å². The minimum Gasteiger partial charge on any atom is -0.384 e. The average molecular weight is 281 g/mol. The molecule has 6 heteroatoms. The number of carbonyl (C=O) groups excluding carboxylic acids is 1. The molecule has 0 unspecified atom stereocenters. The third kappa shape index (κ3) is 3.44. The summed E-state index contributed by atoms with van der Waals surface area (Å²) in [5.41, 5.74) is 13.0. The van der Waals surface area contributed by atoms with Gasteiger partial charge in [-0.3, -0.25) is 15.6 Å². The number of anilines is 1. The van der Waals surface area contributed by atoms with Gasteiger partial charge in [-0.1, -0.05) is 12.1 Å². The van der Waals surface area contributed by atoms with Crippen LogP contribution in [0.3, 0.4) is 0 Å². The first-order chi connectivity index (χ1) is 9.97. The summed E-state index contributed by atoms with van der Waals surface area (Å²) in [5, 5.41) is 17.3. The quantitative estimate of drug-likeness (QED) is 0.430. The van der Waals surface area contributed by atoms with Crippen molar-refractivity contribution in [3.8, 4) is 0 Å². The highest BCUT2D eigenvalue weighted by Crippen LogP contribution is 2.12. The van der Waals surface area contributed by atoms with E-state index < -0.39 is 0 Å². The van der Waals surface area contributed by atoms with Gasteiger partial charge < -0.3 is 16.8 Å². The Hall–Kier alpha value is -3.15. The fraction of sp³-hybridized carbons (Fsp3) is 0. The molecule has 7 N–H and O–H groups in total. The van der Waals surface area contributed by atoms with Gasteiger partial charge in [0.05, 0.1) is 0 Å². The van der Waals surface area contributed by atoms with E-state index in [9.17, 15) is 4.79 Å². The van der Waals surface area contributed by atoms with Crippen LogP contribution >= 0.6 is 0 Å². The molecule has 2 aromatic carbocycles. The Morgan fingerprint density at radius 2 is 1.14 bits per heavy atom. The largest absolute Gasteiger partial charge is 0.384 e. The van der Waals surface area contributed by atoms with Crippen LogP contribution in [0.25, 0.3) is 0 Å². The number of rotatable bonds is 4. The molecular formula is C15H15N5O. The van der Waals surface area contributed by atoms with Crippen molar-refractivity contribution >= 4 is 23.3 Å². The van der Waals surface area contributed by atoms with Crippen molar-refractivity contribution in [1.29, 1.82) is 10.8 Å². The Bertz CT molecular complexity index is 689. The molecule has 0 aliphatic rings. The fourth-order valence-corrected chi connectivity index (χ4v) is 1.74. The third-order valence-electron chi connectivity index (χ3n) is 2.91. The molecule has 0 aromatic heterocycles. The van der Waals surface area contributed by atoms with Crippen LogP contribution in [0, 0.1) is 10.8 Å². The van der Waals surface area contributed by atoms with Gasteiger partial charge in [-0.15, -0.1) is 0 Å². The zero-order chi connectivity index (χ0) is 15.4. The Morgan fingerprint density at radius 1 is 0.762 bits per heavy atom. The SMILES string of the molecule is N=C(N)c1ccc(NC(=O)c2ccc(C(=N)N)cc2)cc1. The van der Waals surface area contributed by atoms with E-state index >= 15 is 0 Å². The van der Waals surface area contributed by atoms with Crippen LogP contribution in [0.2, 0.25) is 0 Å². The summed E-state index contributed by atoms with van der Waals surface area (Å²) in [6.45, 7) is 0. The number of amidine groups is 2. The second kappa shape index (κ2) is 5.87. The first-order valence-electron chi connectivity index (χ1n) is 6.17. The Kier molecular flexibility index (Phi) is 3.99. The minimum atomic E-state index is -0.263. The molecule has 0 saturated heterocycles. The average Bonchev–Trinajstić information content (AvgIpc) is 2.47. The van der Waals surface area contributed by atoms with Gasteiger partial charge in [0.25, 0.3) is 5.91 Å². The molecule has 106 valence electrons. The van der Waals surface area contributed by atoms with Crippen LogP contribution in [0.15, 0.2) is 48.5 Å². The molecule has 0 fully saturated rings. The molecule has 1 amide bonds. The maximum Gasteiger partial charge on any atom is 0.255 e. The summed E-state index contributed by atoms with van der Waals surface area (Å²) in [6.07, 6.45) is 0. The van der Waals surface area contributed by atoms with Gasteiger partial charge in [0.1, 0.15) is 11.7 Å². The number of amides is 1. The molecule has 0 atom stereocenters. The Balaban J connectivity index is 2.10. The van der Waals surface area contributed by atoms with Crippen molar-refractivity contribution in [3.63, 3.8) is 0 Å². The van der Waals surface area contributed by atoms with E-state index in [1.165, 1.54) is 0 Å². The lowest BCUT2D eigenvalue weighted by Crippen LogP contribution is -2.14. The number of carbonyl (C=O) groups is 1. The van der Waals surface area contributed by atoms with Crippen molar-refractivity contribution in [2.75, 3.05) is 5.32 Å². The molecule has 0 heterocycles. The van der Waals surface area contributed by atoms with Crippen LogP contribution in [-0.2, 0) is 0 Å². The molecule has 21 heavy (non-hydrogen) atoms. The summed E-state index contributed by atoms with van der Waals surface area (Å²) in [6, 6.07) is 13.1. The smallest absolute Gasteiger partial charge is 0.255 e. The molecule has 6 nitrogen and oxygen atoms in total. The van der Waals surface area contributed by atoms with Gasteiger partial charge >= 0.3 is 0 Å². The van der Waals surface area contributed by atoms with E-state index in [-0.39, 0.29) is 17.6 Å². The van der Waals surface area contributed by atoms with Gasteiger partial charge in [0, 0.05) is 22.4 Å². The Labute approximate surface area is 121 Å². The normalized spacial score (nSPS) is 9.90. The number of nitrogens with two attached hydrogens (primary N) is 2. The fourth-order valence-electron chi connectivity index (χ4n) is 1.74. The lowest BCUT2D eigenvalue weighted by Gasteiger charge is -2.07. The van der Waals surface area contributed by atoms with Crippen LogP contribution < -0.4 is 16.8 Å². The molecule has 0 bridgehead atoms. The monoisotopic (exact) mass is 281 g/mol. The highest BCUT2D eigenvalue weighted by Gasteiger charge is 2.07. The predicted molar refractivity (Wildman–Crippen MR) is 82.9 cm³/mol. The number of hydrogen-bond acceptors (Lipinski definition) is 3. The summed E-state index contributed by atoms with van der Waals surface area (Å²) < 4.78 is 0. The van der Waals surface area contributed by atoms with Crippen molar-refractivity contribution in [1.82, 2.24) is 0 Å². The molecule has 0 aliphatic heterocycles. The van der Waals surface area contributed by atoms with Gasteiger partial charge in [-0.25, -0.2) is 0 Å². The lowest BCUT2D eigenvalue weighted by molar-refractivity contribution is 0.102. The van der Waals surface area contributed by atoms with Gasteiger partial charge in [-0.05, 0) is 36.4 Å². The molecule has 0 radical (unpaired) electrons. The van der Waals surface area contributed by atoms with Crippen molar-refractivity contribution in [2.45, 2.75) is 0 Å². The number of nitrogen functional groups attached to an aromatic ring is 2. The molecule has 2 rings (SSSR count). The van der Waals surface area contributed by atoms with E-state index in [2.05, 4.69) is 5.32 Å². The number of nitrogens with one attached hydrogen (secondary N) is 3.